The molecule has 0 atom stereocenters. The molecule has 0 fully saturated rings. The van der Waals surface area contributed by atoms with Crippen LogP contribution in [-0.2, 0) is 0 Å². The summed E-state index contributed by atoms with van der Waals surface area (Å²) in [4.78, 5) is 3.80. The number of aryl methyl sites for hydroxylation is 2. The van der Waals surface area contributed by atoms with Crippen molar-refractivity contribution >= 4 is 38.5 Å². The quantitative estimate of drug-likeness (QED) is 0.188. The van der Waals surface area contributed by atoms with Gasteiger partial charge in [-0.05, 0) is 90.2 Å². The summed E-state index contributed by atoms with van der Waals surface area (Å²) in [5, 5.41) is 3.67. The van der Waals surface area contributed by atoms with Crippen LogP contribution in [-0.4, -0.2) is 0 Å². The predicted octanol–water partition coefficient (Wildman–Crippen LogP) is 12.6. The number of para-hydroxylation sites is 1. The molecular weight excluding hydrogens is 551 g/mol. The van der Waals surface area contributed by atoms with Crippen LogP contribution in [0.2, 0.25) is 0 Å². The molecular formula is C42H35NS. The Hall–Kier alpha value is -4.92. The highest BCUT2D eigenvalue weighted by molar-refractivity contribution is 7.21. The number of benzene rings is 6. The standard InChI is InChI=1S/C42H35NS/c1-28-27-29(2)31(4)38(30(28)3)41-39(33-18-8-5-9-19-33)40(34-20-10-6-11-21-34)42(44-41)43(35-23-12-7-13-24-35)37-26-16-22-32-17-14-15-25-36(32)37/h5-27H,1-4H3. The van der Waals surface area contributed by atoms with E-state index in [2.05, 4.69) is 172 Å². The van der Waals surface area contributed by atoms with Gasteiger partial charge in [0.25, 0.3) is 0 Å². The van der Waals surface area contributed by atoms with Gasteiger partial charge in [-0.2, -0.15) is 0 Å². The Kier molecular flexibility index (Phi) is 7.37. The Morgan fingerprint density at radius 3 is 1.64 bits per heavy atom. The van der Waals surface area contributed by atoms with Crippen LogP contribution in [0.1, 0.15) is 22.3 Å². The van der Waals surface area contributed by atoms with E-state index >= 15 is 0 Å². The lowest BCUT2D eigenvalue weighted by molar-refractivity contribution is 1.25. The van der Waals surface area contributed by atoms with Crippen molar-refractivity contribution in [2.24, 2.45) is 0 Å². The van der Waals surface area contributed by atoms with Gasteiger partial charge in [0.2, 0.25) is 0 Å². The van der Waals surface area contributed by atoms with Gasteiger partial charge in [0.05, 0.1) is 5.69 Å². The second-order valence-electron chi connectivity index (χ2n) is 11.5. The molecule has 7 aromatic rings. The van der Waals surface area contributed by atoms with Crippen molar-refractivity contribution in [1.29, 1.82) is 0 Å². The molecule has 7 rings (SSSR count). The number of rotatable bonds is 6. The summed E-state index contributed by atoms with van der Waals surface area (Å²) < 4.78 is 0. The number of hydrogen-bond acceptors (Lipinski definition) is 2. The SMILES string of the molecule is Cc1cc(C)c(C)c(-c2sc(N(c3ccccc3)c3cccc4ccccc34)c(-c3ccccc3)c2-c2ccccc2)c1C. The molecule has 0 N–H and O–H groups in total. The van der Waals surface area contributed by atoms with Gasteiger partial charge < -0.3 is 4.90 Å². The maximum atomic E-state index is 2.48. The minimum absolute atomic E-state index is 1.14. The smallest absolute Gasteiger partial charge is 0.109 e. The molecule has 0 amide bonds. The van der Waals surface area contributed by atoms with Crippen LogP contribution in [0.15, 0.2) is 140 Å². The number of anilines is 3. The van der Waals surface area contributed by atoms with Crippen molar-refractivity contribution in [2.75, 3.05) is 4.90 Å². The molecule has 214 valence electrons. The van der Waals surface area contributed by atoms with Gasteiger partial charge in [-0.1, -0.05) is 121 Å². The third kappa shape index (κ3) is 4.82. The Morgan fingerprint density at radius 1 is 0.477 bits per heavy atom. The zero-order chi connectivity index (χ0) is 30.2. The van der Waals surface area contributed by atoms with Gasteiger partial charge in [0.1, 0.15) is 5.00 Å². The lowest BCUT2D eigenvalue weighted by Gasteiger charge is -2.27. The molecule has 0 aliphatic heterocycles. The first-order valence-corrected chi connectivity index (χ1v) is 16.0. The molecule has 0 unspecified atom stereocenters. The molecule has 44 heavy (non-hydrogen) atoms. The first-order chi connectivity index (χ1) is 21.5. The van der Waals surface area contributed by atoms with Crippen LogP contribution in [0.5, 0.6) is 0 Å². The summed E-state index contributed by atoms with van der Waals surface area (Å²) in [7, 11) is 0. The van der Waals surface area contributed by atoms with E-state index in [1.165, 1.54) is 76.4 Å². The lowest BCUT2D eigenvalue weighted by atomic mass is 9.88. The van der Waals surface area contributed by atoms with Gasteiger partial charge in [0, 0.05) is 27.1 Å². The molecule has 0 spiro atoms. The Labute approximate surface area is 264 Å². The second-order valence-corrected chi connectivity index (χ2v) is 12.5. The van der Waals surface area contributed by atoms with Gasteiger partial charge in [-0.3, -0.25) is 0 Å². The van der Waals surface area contributed by atoms with E-state index in [9.17, 15) is 0 Å². The zero-order valence-corrected chi connectivity index (χ0v) is 26.5. The van der Waals surface area contributed by atoms with E-state index in [-0.39, 0.29) is 0 Å². The van der Waals surface area contributed by atoms with Crippen LogP contribution < -0.4 is 4.90 Å². The summed E-state index contributed by atoms with van der Waals surface area (Å²) >= 11 is 1.91. The van der Waals surface area contributed by atoms with Crippen LogP contribution >= 0.6 is 11.3 Å². The van der Waals surface area contributed by atoms with E-state index in [1.807, 2.05) is 11.3 Å². The summed E-state index contributed by atoms with van der Waals surface area (Å²) in [6, 6.07) is 50.4. The van der Waals surface area contributed by atoms with Gasteiger partial charge in [-0.25, -0.2) is 0 Å². The number of thiophene rings is 1. The van der Waals surface area contributed by atoms with Gasteiger partial charge in [0.15, 0.2) is 0 Å². The highest BCUT2D eigenvalue weighted by Crippen LogP contribution is 2.57. The van der Waals surface area contributed by atoms with Crippen LogP contribution in [0, 0.1) is 27.7 Å². The van der Waals surface area contributed by atoms with Gasteiger partial charge in [-0.15, -0.1) is 11.3 Å². The average Bonchev–Trinajstić information content (AvgIpc) is 3.45. The lowest BCUT2D eigenvalue weighted by Crippen LogP contribution is -2.10. The fraction of sp³-hybridized carbons (Fsp3) is 0.0952. The molecule has 0 bridgehead atoms. The summed E-state index contributed by atoms with van der Waals surface area (Å²) in [6.07, 6.45) is 0. The molecule has 0 aliphatic carbocycles. The maximum Gasteiger partial charge on any atom is 0.109 e. The summed E-state index contributed by atoms with van der Waals surface area (Å²) in [6.45, 7) is 9.05. The van der Waals surface area contributed by atoms with Crippen molar-refractivity contribution in [3.8, 4) is 32.7 Å². The molecule has 1 nitrogen and oxygen atoms in total. The van der Waals surface area contributed by atoms with E-state index in [1.54, 1.807) is 0 Å². The van der Waals surface area contributed by atoms with E-state index in [4.69, 9.17) is 0 Å². The summed E-state index contributed by atoms with van der Waals surface area (Å²) in [5.74, 6) is 0. The van der Waals surface area contributed by atoms with Crippen molar-refractivity contribution in [2.45, 2.75) is 27.7 Å². The largest absolute Gasteiger partial charge is 0.301 e. The molecule has 0 aliphatic rings. The maximum absolute atomic E-state index is 2.48. The van der Waals surface area contributed by atoms with Crippen molar-refractivity contribution in [1.82, 2.24) is 0 Å². The minimum Gasteiger partial charge on any atom is -0.301 e. The van der Waals surface area contributed by atoms with Crippen molar-refractivity contribution < 1.29 is 0 Å². The van der Waals surface area contributed by atoms with Crippen LogP contribution in [0.25, 0.3) is 43.5 Å². The van der Waals surface area contributed by atoms with E-state index in [0.717, 1.165) is 5.69 Å². The van der Waals surface area contributed by atoms with Crippen LogP contribution in [0.4, 0.5) is 16.4 Å². The third-order valence-electron chi connectivity index (χ3n) is 8.83. The molecule has 1 aromatic heterocycles. The van der Waals surface area contributed by atoms with Crippen LogP contribution in [0.3, 0.4) is 0 Å². The third-order valence-corrected chi connectivity index (χ3v) is 10.0. The second kappa shape index (κ2) is 11.6. The van der Waals surface area contributed by atoms with Gasteiger partial charge >= 0.3 is 0 Å². The molecule has 1 heterocycles. The monoisotopic (exact) mass is 585 g/mol. The number of nitrogens with zero attached hydrogens (tertiary/aromatic N) is 1. The Morgan fingerprint density at radius 2 is 1.00 bits per heavy atom. The highest BCUT2D eigenvalue weighted by atomic mass is 32.1. The first-order valence-electron chi connectivity index (χ1n) is 15.2. The minimum atomic E-state index is 1.14. The average molecular weight is 586 g/mol. The van der Waals surface area contributed by atoms with E-state index in [0.29, 0.717) is 0 Å². The fourth-order valence-corrected chi connectivity index (χ4v) is 7.95. The molecule has 6 aromatic carbocycles. The van der Waals surface area contributed by atoms with Crippen molar-refractivity contribution in [3.05, 3.63) is 162 Å². The number of hydrogen-bond donors (Lipinski definition) is 0. The molecule has 2 heteroatoms. The molecule has 0 saturated heterocycles. The molecule has 0 saturated carbocycles. The number of fused-ring (bicyclic) bond motifs is 1. The first kappa shape index (κ1) is 27.9. The van der Waals surface area contributed by atoms with Crippen molar-refractivity contribution in [3.63, 3.8) is 0 Å². The topological polar surface area (TPSA) is 3.24 Å². The highest BCUT2D eigenvalue weighted by Gasteiger charge is 2.29. The van der Waals surface area contributed by atoms with E-state index < -0.39 is 0 Å². The zero-order valence-electron chi connectivity index (χ0n) is 25.6. The Bertz CT molecular complexity index is 2060. The summed E-state index contributed by atoms with van der Waals surface area (Å²) in [5.41, 5.74) is 14.0. The molecule has 0 radical (unpaired) electrons. The predicted molar refractivity (Wildman–Crippen MR) is 192 cm³/mol. The Balaban J connectivity index is 1.67. The fourth-order valence-electron chi connectivity index (χ4n) is 6.41. The normalized spacial score (nSPS) is 11.2.